The molecule has 0 bridgehead atoms. The van der Waals surface area contributed by atoms with E-state index in [9.17, 15) is 0 Å². The Balaban J connectivity index is 2.13. The molecule has 14 heavy (non-hydrogen) atoms. The van der Waals surface area contributed by atoms with Gasteiger partial charge in [-0.15, -0.1) is 0 Å². The average molecular weight is 191 g/mol. The molecule has 0 atom stereocenters. The van der Waals surface area contributed by atoms with Gasteiger partial charge in [0, 0.05) is 19.2 Å². The van der Waals surface area contributed by atoms with Gasteiger partial charge in [0.1, 0.15) is 11.6 Å². The summed E-state index contributed by atoms with van der Waals surface area (Å²) in [5.74, 6) is 2.55. The van der Waals surface area contributed by atoms with Gasteiger partial charge in [0.05, 0.1) is 0 Å². The first-order valence-corrected chi connectivity index (χ1v) is 5.41. The molecular formula is C11H17N3. The van der Waals surface area contributed by atoms with Crippen molar-refractivity contribution in [3.05, 3.63) is 18.1 Å². The van der Waals surface area contributed by atoms with E-state index in [0.29, 0.717) is 5.92 Å². The lowest BCUT2D eigenvalue weighted by Crippen LogP contribution is -2.09. The zero-order chi connectivity index (χ0) is 9.80. The van der Waals surface area contributed by atoms with E-state index in [0.717, 1.165) is 11.6 Å². The lowest BCUT2D eigenvalue weighted by Gasteiger charge is -2.20. The third kappa shape index (κ3) is 2.03. The van der Waals surface area contributed by atoms with Gasteiger partial charge in [0.25, 0.3) is 0 Å². The van der Waals surface area contributed by atoms with Crippen molar-refractivity contribution in [2.75, 3.05) is 12.4 Å². The van der Waals surface area contributed by atoms with E-state index >= 15 is 0 Å². The van der Waals surface area contributed by atoms with Gasteiger partial charge in [-0.2, -0.15) is 0 Å². The zero-order valence-corrected chi connectivity index (χ0v) is 8.66. The van der Waals surface area contributed by atoms with Crippen molar-refractivity contribution in [1.29, 1.82) is 0 Å². The molecule has 3 heteroatoms. The monoisotopic (exact) mass is 191 g/mol. The van der Waals surface area contributed by atoms with Crippen LogP contribution in [0.1, 0.15) is 43.8 Å². The molecule has 1 aromatic heterocycles. The predicted octanol–water partition coefficient (Wildman–Crippen LogP) is 2.57. The molecule has 0 spiro atoms. The lowest BCUT2D eigenvalue weighted by molar-refractivity contribution is 0.429. The summed E-state index contributed by atoms with van der Waals surface area (Å²) in [7, 11) is 1.90. The molecule has 76 valence electrons. The molecule has 0 aliphatic heterocycles. The fourth-order valence-corrected chi connectivity index (χ4v) is 2.07. The Kier molecular flexibility index (Phi) is 2.96. The number of anilines is 1. The quantitative estimate of drug-likeness (QED) is 0.780. The van der Waals surface area contributed by atoms with Crippen LogP contribution in [0.4, 0.5) is 5.82 Å². The van der Waals surface area contributed by atoms with E-state index in [2.05, 4.69) is 15.3 Å². The first-order chi connectivity index (χ1) is 6.90. The maximum absolute atomic E-state index is 4.49. The maximum Gasteiger partial charge on any atom is 0.133 e. The van der Waals surface area contributed by atoms with Crippen LogP contribution < -0.4 is 5.32 Å². The summed E-state index contributed by atoms with van der Waals surface area (Å²) in [4.78, 5) is 8.85. The van der Waals surface area contributed by atoms with Crippen LogP contribution in [0, 0.1) is 0 Å². The number of nitrogens with zero attached hydrogens (tertiary/aromatic N) is 2. The van der Waals surface area contributed by atoms with Crippen LogP contribution in [-0.4, -0.2) is 17.0 Å². The van der Waals surface area contributed by atoms with Gasteiger partial charge in [0.2, 0.25) is 0 Å². The van der Waals surface area contributed by atoms with Gasteiger partial charge >= 0.3 is 0 Å². The molecule has 0 amide bonds. The van der Waals surface area contributed by atoms with Crippen LogP contribution in [0.2, 0.25) is 0 Å². The van der Waals surface area contributed by atoms with Gasteiger partial charge in [-0.05, 0) is 18.9 Å². The Labute approximate surface area is 85.0 Å². The smallest absolute Gasteiger partial charge is 0.133 e. The second-order valence-electron chi connectivity index (χ2n) is 3.89. The number of aromatic nitrogens is 2. The summed E-state index contributed by atoms with van der Waals surface area (Å²) in [6, 6.07) is 1.91. The molecule has 1 aromatic rings. The van der Waals surface area contributed by atoms with E-state index in [1.54, 1.807) is 0 Å². The number of hydrogen-bond donors (Lipinski definition) is 1. The second kappa shape index (κ2) is 4.40. The first kappa shape index (κ1) is 9.44. The molecule has 0 saturated heterocycles. The van der Waals surface area contributed by atoms with E-state index in [1.165, 1.54) is 32.1 Å². The summed E-state index contributed by atoms with van der Waals surface area (Å²) in [6.07, 6.45) is 8.40. The lowest BCUT2D eigenvalue weighted by atomic mass is 9.89. The standard InChI is InChI=1S/C11H17N3/c1-12-10-7-8-13-11(14-10)9-5-3-2-4-6-9/h7-9H,2-6H2,1H3,(H,12,13,14). The van der Waals surface area contributed by atoms with Gasteiger partial charge < -0.3 is 5.32 Å². The van der Waals surface area contributed by atoms with Crippen LogP contribution in [0.25, 0.3) is 0 Å². The predicted molar refractivity (Wildman–Crippen MR) is 57.4 cm³/mol. The van der Waals surface area contributed by atoms with Crippen molar-refractivity contribution in [3.63, 3.8) is 0 Å². The highest BCUT2D eigenvalue weighted by molar-refractivity contribution is 5.32. The number of rotatable bonds is 2. The van der Waals surface area contributed by atoms with E-state index < -0.39 is 0 Å². The summed E-state index contributed by atoms with van der Waals surface area (Å²) in [5.41, 5.74) is 0. The van der Waals surface area contributed by atoms with Crippen LogP contribution in [-0.2, 0) is 0 Å². The highest BCUT2D eigenvalue weighted by Crippen LogP contribution is 2.30. The van der Waals surface area contributed by atoms with Crippen molar-refractivity contribution < 1.29 is 0 Å². The van der Waals surface area contributed by atoms with Crippen molar-refractivity contribution in [2.45, 2.75) is 38.0 Å². The van der Waals surface area contributed by atoms with Crippen molar-refractivity contribution in [1.82, 2.24) is 9.97 Å². The number of nitrogens with one attached hydrogen (secondary N) is 1. The topological polar surface area (TPSA) is 37.8 Å². The Morgan fingerprint density at radius 1 is 1.29 bits per heavy atom. The third-order valence-electron chi connectivity index (χ3n) is 2.90. The van der Waals surface area contributed by atoms with E-state index in [1.807, 2.05) is 19.3 Å². The molecule has 3 nitrogen and oxygen atoms in total. The largest absolute Gasteiger partial charge is 0.373 e. The van der Waals surface area contributed by atoms with E-state index in [4.69, 9.17) is 0 Å². The minimum Gasteiger partial charge on any atom is -0.373 e. The molecule has 1 aliphatic rings. The molecule has 1 fully saturated rings. The van der Waals surface area contributed by atoms with Gasteiger partial charge in [0.15, 0.2) is 0 Å². The van der Waals surface area contributed by atoms with Crippen LogP contribution >= 0.6 is 0 Å². The molecule has 1 heterocycles. The highest BCUT2D eigenvalue weighted by Gasteiger charge is 2.17. The molecule has 1 saturated carbocycles. The molecule has 1 aliphatic carbocycles. The maximum atomic E-state index is 4.49. The van der Waals surface area contributed by atoms with Crippen LogP contribution in [0.5, 0.6) is 0 Å². The normalized spacial score (nSPS) is 18.1. The fraction of sp³-hybridized carbons (Fsp3) is 0.636. The summed E-state index contributed by atoms with van der Waals surface area (Å²) in [6.45, 7) is 0. The molecular weight excluding hydrogens is 174 g/mol. The highest BCUT2D eigenvalue weighted by atomic mass is 15.0. The Hall–Kier alpha value is -1.12. The molecule has 1 N–H and O–H groups in total. The molecule has 0 aromatic carbocycles. The Morgan fingerprint density at radius 3 is 2.79 bits per heavy atom. The summed E-state index contributed by atoms with van der Waals surface area (Å²) < 4.78 is 0. The second-order valence-corrected chi connectivity index (χ2v) is 3.89. The average Bonchev–Trinajstić information content (AvgIpc) is 2.30. The Morgan fingerprint density at radius 2 is 2.07 bits per heavy atom. The molecule has 2 rings (SSSR count). The summed E-state index contributed by atoms with van der Waals surface area (Å²) >= 11 is 0. The minimum absolute atomic E-state index is 0.594. The zero-order valence-electron chi connectivity index (χ0n) is 8.66. The first-order valence-electron chi connectivity index (χ1n) is 5.41. The molecule has 0 unspecified atom stereocenters. The van der Waals surface area contributed by atoms with Crippen molar-refractivity contribution >= 4 is 5.82 Å². The van der Waals surface area contributed by atoms with Gasteiger partial charge in [-0.25, -0.2) is 9.97 Å². The fourth-order valence-electron chi connectivity index (χ4n) is 2.07. The van der Waals surface area contributed by atoms with Crippen LogP contribution in [0.3, 0.4) is 0 Å². The number of hydrogen-bond acceptors (Lipinski definition) is 3. The SMILES string of the molecule is CNc1ccnc(C2CCCCC2)n1. The van der Waals surface area contributed by atoms with Crippen molar-refractivity contribution in [2.24, 2.45) is 0 Å². The van der Waals surface area contributed by atoms with Gasteiger partial charge in [-0.3, -0.25) is 0 Å². The van der Waals surface area contributed by atoms with Gasteiger partial charge in [-0.1, -0.05) is 19.3 Å². The minimum atomic E-state index is 0.594. The third-order valence-corrected chi connectivity index (χ3v) is 2.90. The Bertz CT molecular complexity index is 292. The summed E-state index contributed by atoms with van der Waals surface area (Å²) in [5, 5.41) is 3.06. The van der Waals surface area contributed by atoms with E-state index in [-0.39, 0.29) is 0 Å². The van der Waals surface area contributed by atoms with Crippen molar-refractivity contribution in [3.8, 4) is 0 Å². The molecule has 0 radical (unpaired) electrons. The van der Waals surface area contributed by atoms with Crippen LogP contribution in [0.15, 0.2) is 12.3 Å².